The molecule has 0 aliphatic carbocycles. The van der Waals surface area contributed by atoms with Crippen molar-refractivity contribution in [2.24, 2.45) is 5.92 Å². The first-order valence-corrected chi connectivity index (χ1v) is 6.97. The van der Waals surface area contributed by atoms with Crippen LogP contribution in [-0.2, 0) is 4.79 Å². The normalized spacial score (nSPS) is 18.5. The van der Waals surface area contributed by atoms with Crippen LogP contribution in [-0.4, -0.2) is 40.1 Å². The highest BCUT2D eigenvalue weighted by molar-refractivity contribution is 5.97. The Balaban J connectivity index is 2.07. The largest absolute Gasteiger partial charge is 0.507 e. The van der Waals surface area contributed by atoms with Crippen LogP contribution in [0.5, 0.6) is 5.75 Å². The number of rotatable bonds is 4. The van der Waals surface area contributed by atoms with Gasteiger partial charge in [-0.25, -0.2) is 4.39 Å². The van der Waals surface area contributed by atoms with Crippen molar-refractivity contribution < 1.29 is 24.2 Å². The Morgan fingerprint density at radius 2 is 2.14 bits per heavy atom. The van der Waals surface area contributed by atoms with E-state index in [4.69, 9.17) is 5.11 Å². The fourth-order valence-electron chi connectivity index (χ4n) is 2.70. The Bertz CT molecular complexity index is 526. The number of hydrogen-bond donors (Lipinski definition) is 2. The van der Waals surface area contributed by atoms with Crippen LogP contribution < -0.4 is 0 Å². The van der Waals surface area contributed by atoms with E-state index >= 15 is 0 Å². The molecule has 1 fully saturated rings. The first-order chi connectivity index (χ1) is 9.99. The number of aromatic hydroxyl groups is 1. The number of piperidine rings is 1. The van der Waals surface area contributed by atoms with E-state index in [0.29, 0.717) is 19.5 Å². The van der Waals surface area contributed by atoms with Crippen molar-refractivity contribution in [1.29, 1.82) is 0 Å². The molecule has 1 amide bonds. The smallest absolute Gasteiger partial charge is 0.303 e. The van der Waals surface area contributed by atoms with Crippen molar-refractivity contribution in [3.05, 3.63) is 29.6 Å². The molecule has 1 saturated heterocycles. The maximum absolute atomic E-state index is 13.7. The van der Waals surface area contributed by atoms with Crippen LogP contribution in [0.2, 0.25) is 0 Å². The quantitative estimate of drug-likeness (QED) is 0.893. The first kappa shape index (κ1) is 15.3. The first-order valence-electron chi connectivity index (χ1n) is 6.97. The molecule has 0 spiro atoms. The van der Waals surface area contributed by atoms with Gasteiger partial charge in [0.2, 0.25) is 0 Å². The molecule has 21 heavy (non-hydrogen) atoms. The van der Waals surface area contributed by atoms with Crippen LogP contribution >= 0.6 is 0 Å². The second kappa shape index (κ2) is 6.56. The molecule has 2 N–H and O–H groups in total. The summed E-state index contributed by atoms with van der Waals surface area (Å²) in [7, 11) is 0. The third-order valence-corrected chi connectivity index (χ3v) is 3.78. The molecule has 0 bridgehead atoms. The average Bonchev–Trinajstić information content (AvgIpc) is 2.45. The van der Waals surface area contributed by atoms with Crippen LogP contribution in [0.15, 0.2) is 18.2 Å². The second-order valence-electron chi connectivity index (χ2n) is 5.33. The molecule has 114 valence electrons. The molecule has 1 heterocycles. The lowest BCUT2D eigenvalue weighted by Gasteiger charge is -2.32. The molecule has 1 unspecified atom stereocenters. The van der Waals surface area contributed by atoms with Gasteiger partial charge >= 0.3 is 5.97 Å². The summed E-state index contributed by atoms with van der Waals surface area (Å²) in [5, 5.41) is 18.4. The van der Waals surface area contributed by atoms with Crippen molar-refractivity contribution in [2.75, 3.05) is 13.1 Å². The summed E-state index contributed by atoms with van der Waals surface area (Å²) in [5.74, 6) is -2.40. The zero-order chi connectivity index (χ0) is 15.4. The summed E-state index contributed by atoms with van der Waals surface area (Å²) < 4.78 is 13.7. The molecular formula is C15H18FNO4. The minimum absolute atomic E-state index is 0.0671. The van der Waals surface area contributed by atoms with Gasteiger partial charge in [-0.1, -0.05) is 6.07 Å². The predicted molar refractivity (Wildman–Crippen MR) is 73.6 cm³/mol. The van der Waals surface area contributed by atoms with Crippen molar-refractivity contribution >= 4 is 11.9 Å². The Morgan fingerprint density at radius 3 is 2.81 bits per heavy atom. The lowest BCUT2D eigenvalue weighted by atomic mass is 9.93. The number of phenols is 1. The van der Waals surface area contributed by atoms with E-state index < -0.39 is 17.7 Å². The highest BCUT2D eigenvalue weighted by Gasteiger charge is 2.28. The van der Waals surface area contributed by atoms with Crippen molar-refractivity contribution in [3.8, 4) is 5.75 Å². The number of halogens is 1. The van der Waals surface area contributed by atoms with Gasteiger partial charge in [0.1, 0.15) is 17.1 Å². The Kier molecular flexibility index (Phi) is 4.77. The summed E-state index contributed by atoms with van der Waals surface area (Å²) in [6, 6.07) is 3.76. The third kappa shape index (κ3) is 3.71. The number of nitrogens with zero attached hydrogens (tertiary/aromatic N) is 1. The molecule has 1 atom stereocenters. The fourth-order valence-corrected chi connectivity index (χ4v) is 2.70. The number of phenolic OH excluding ortho intramolecular Hbond substituents is 1. The number of hydrogen-bond acceptors (Lipinski definition) is 3. The van der Waals surface area contributed by atoms with Crippen LogP contribution in [0.1, 0.15) is 36.0 Å². The van der Waals surface area contributed by atoms with Crippen molar-refractivity contribution in [2.45, 2.75) is 25.7 Å². The van der Waals surface area contributed by atoms with E-state index in [9.17, 15) is 19.1 Å². The number of amides is 1. The number of aliphatic carboxylic acids is 1. The highest BCUT2D eigenvalue weighted by atomic mass is 19.1. The average molecular weight is 295 g/mol. The number of likely N-dealkylation sites (tertiary alicyclic amines) is 1. The number of benzene rings is 1. The second-order valence-corrected chi connectivity index (χ2v) is 5.33. The molecule has 5 nitrogen and oxygen atoms in total. The number of carboxylic acids is 1. The van der Waals surface area contributed by atoms with Gasteiger partial charge in [-0.05, 0) is 37.3 Å². The van der Waals surface area contributed by atoms with Gasteiger partial charge in [0.05, 0.1) is 0 Å². The van der Waals surface area contributed by atoms with Crippen molar-refractivity contribution in [3.63, 3.8) is 0 Å². The van der Waals surface area contributed by atoms with Gasteiger partial charge in [-0.3, -0.25) is 9.59 Å². The summed E-state index contributed by atoms with van der Waals surface area (Å²) in [6.45, 7) is 0.899. The predicted octanol–water partition coefficient (Wildman–Crippen LogP) is 2.25. The summed E-state index contributed by atoms with van der Waals surface area (Å²) in [6.07, 6.45) is 2.19. The molecule has 1 aromatic rings. The zero-order valence-corrected chi connectivity index (χ0v) is 11.6. The third-order valence-electron chi connectivity index (χ3n) is 3.78. The van der Waals surface area contributed by atoms with Crippen LogP contribution in [0.3, 0.4) is 0 Å². The van der Waals surface area contributed by atoms with Crippen molar-refractivity contribution in [1.82, 2.24) is 4.90 Å². The van der Waals surface area contributed by atoms with E-state index in [-0.39, 0.29) is 23.7 Å². The fraction of sp³-hybridized carbons (Fsp3) is 0.467. The SMILES string of the molecule is O=C(O)CCC1CCCN(C(=O)c2c(O)cccc2F)C1. The minimum Gasteiger partial charge on any atom is -0.507 e. The minimum atomic E-state index is -0.856. The number of carbonyl (C=O) groups excluding carboxylic acids is 1. The van der Waals surface area contributed by atoms with Gasteiger partial charge < -0.3 is 15.1 Å². The monoisotopic (exact) mass is 295 g/mol. The van der Waals surface area contributed by atoms with Gasteiger partial charge in [0, 0.05) is 19.5 Å². The Labute approximate surface area is 122 Å². The van der Waals surface area contributed by atoms with Gasteiger partial charge in [-0.15, -0.1) is 0 Å². The van der Waals surface area contributed by atoms with Gasteiger partial charge in [-0.2, -0.15) is 0 Å². The van der Waals surface area contributed by atoms with E-state index in [1.165, 1.54) is 17.0 Å². The van der Waals surface area contributed by atoms with E-state index in [1.54, 1.807) is 0 Å². The molecule has 2 rings (SSSR count). The maximum atomic E-state index is 13.7. The van der Waals surface area contributed by atoms with E-state index in [0.717, 1.165) is 18.9 Å². The Hall–Kier alpha value is -2.11. The highest BCUT2D eigenvalue weighted by Crippen LogP contribution is 2.26. The zero-order valence-electron chi connectivity index (χ0n) is 11.6. The summed E-state index contributed by atoms with van der Waals surface area (Å²) >= 11 is 0. The summed E-state index contributed by atoms with van der Waals surface area (Å²) in [5.41, 5.74) is -0.309. The molecule has 0 saturated carbocycles. The van der Waals surface area contributed by atoms with Crippen LogP contribution in [0.4, 0.5) is 4.39 Å². The standard InChI is InChI=1S/C15H18FNO4/c16-11-4-1-5-12(18)14(11)15(21)17-8-2-3-10(9-17)6-7-13(19)20/h1,4-5,10,18H,2-3,6-9H2,(H,19,20). The number of carbonyl (C=O) groups is 2. The van der Waals surface area contributed by atoms with Gasteiger partial charge in [0.25, 0.3) is 5.91 Å². The topological polar surface area (TPSA) is 77.8 Å². The van der Waals surface area contributed by atoms with Crippen LogP contribution in [0.25, 0.3) is 0 Å². The molecule has 1 aromatic carbocycles. The van der Waals surface area contributed by atoms with Crippen LogP contribution in [0, 0.1) is 11.7 Å². The molecule has 0 aromatic heterocycles. The molecular weight excluding hydrogens is 277 g/mol. The molecule has 1 aliphatic rings. The lowest BCUT2D eigenvalue weighted by Crippen LogP contribution is -2.40. The Morgan fingerprint density at radius 1 is 1.38 bits per heavy atom. The lowest BCUT2D eigenvalue weighted by molar-refractivity contribution is -0.137. The summed E-state index contributed by atoms with van der Waals surface area (Å²) in [4.78, 5) is 24.4. The van der Waals surface area contributed by atoms with E-state index in [1.807, 2.05) is 0 Å². The number of carboxylic acid groups (broad SMARTS) is 1. The van der Waals surface area contributed by atoms with E-state index in [2.05, 4.69) is 0 Å². The molecule has 6 heteroatoms. The molecule has 1 aliphatic heterocycles. The maximum Gasteiger partial charge on any atom is 0.303 e. The molecule has 0 radical (unpaired) electrons. The van der Waals surface area contributed by atoms with Gasteiger partial charge in [0.15, 0.2) is 0 Å².